The van der Waals surface area contributed by atoms with Gasteiger partial charge in [0.2, 0.25) is 5.91 Å². The van der Waals surface area contributed by atoms with Crippen molar-refractivity contribution in [2.45, 2.75) is 38.6 Å². The Kier molecular flexibility index (Phi) is 7.66. The number of hydrogen-bond donors (Lipinski definition) is 1. The van der Waals surface area contributed by atoms with Gasteiger partial charge in [-0.3, -0.25) is 14.5 Å². The van der Waals surface area contributed by atoms with E-state index in [2.05, 4.69) is 28.9 Å². The van der Waals surface area contributed by atoms with Gasteiger partial charge in [0.1, 0.15) is 0 Å². The molecule has 0 spiro atoms. The SMILES string of the molecule is CCCOc1ccc(C2CN3C(=O)CN(CCN4CCOCC4)C(=O)C3(C)c3[nH]c4ccccc4c32)cc1OCC. The molecule has 2 saturated heterocycles. The summed E-state index contributed by atoms with van der Waals surface area (Å²) < 4.78 is 17.4. The van der Waals surface area contributed by atoms with Gasteiger partial charge < -0.3 is 29.0 Å². The lowest BCUT2D eigenvalue weighted by atomic mass is 9.76. The molecule has 3 aromatic rings. The molecule has 0 radical (unpaired) electrons. The number of piperazine rings is 1. The first-order valence-corrected chi connectivity index (χ1v) is 14.9. The summed E-state index contributed by atoms with van der Waals surface area (Å²) in [5, 5.41) is 1.07. The molecule has 2 amide bonds. The molecule has 2 unspecified atom stereocenters. The van der Waals surface area contributed by atoms with Gasteiger partial charge in [0.25, 0.3) is 5.91 Å². The predicted octanol–water partition coefficient (Wildman–Crippen LogP) is 3.72. The van der Waals surface area contributed by atoms with E-state index in [9.17, 15) is 9.59 Å². The lowest BCUT2D eigenvalue weighted by molar-refractivity contribution is -0.166. The summed E-state index contributed by atoms with van der Waals surface area (Å²) in [5.74, 6) is 1.22. The van der Waals surface area contributed by atoms with E-state index in [-0.39, 0.29) is 24.3 Å². The summed E-state index contributed by atoms with van der Waals surface area (Å²) in [4.78, 5) is 37.6. The summed E-state index contributed by atoms with van der Waals surface area (Å²) >= 11 is 0. The molecule has 6 rings (SSSR count). The van der Waals surface area contributed by atoms with Crippen molar-refractivity contribution in [3.63, 3.8) is 0 Å². The van der Waals surface area contributed by atoms with E-state index in [1.54, 1.807) is 9.80 Å². The van der Waals surface area contributed by atoms with Crippen LogP contribution >= 0.6 is 0 Å². The molecule has 2 fully saturated rings. The molecule has 1 aromatic heterocycles. The molecule has 0 aliphatic carbocycles. The van der Waals surface area contributed by atoms with Crippen LogP contribution in [0.3, 0.4) is 0 Å². The Morgan fingerprint density at radius 3 is 2.61 bits per heavy atom. The standard InChI is InChI=1S/C32H40N4O5/c1-4-16-41-26-11-10-22(19-27(26)40-5-2)24-20-36-28(37)21-35(13-12-34-14-17-39-18-15-34)31(38)32(36,3)30-29(24)23-8-6-7-9-25(23)33-30/h6-11,19,24,33H,4-5,12-18,20-21H2,1-3H3. The second kappa shape index (κ2) is 11.4. The van der Waals surface area contributed by atoms with Gasteiger partial charge in [-0.05, 0) is 49.6 Å². The molecule has 4 heterocycles. The number of aromatic nitrogens is 1. The molecule has 0 saturated carbocycles. The van der Waals surface area contributed by atoms with Crippen molar-refractivity contribution in [3.8, 4) is 11.5 Å². The van der Waals surface area contributed by atoms with Crippen LogP contribution in [-0.2, 0) is 19.9 Å². The van der Waals surface area contributed by atoms with Crippen LogP contribution in [0.4, 0.5) is 0 Å². The second-order valence-corrected chi connectivity index (χ2v) is 11.3. The van der Waals surface area contributed by atoms with Gasteiger partial charge in [-0.25, -0.2) is 0 Å². The highest BCUT2D eigenvalue weighted by Gasteiger charge is 2.56. The van der Waals surface area contributed by atoms with Crippen LogP contribution in [0.2, 0.25) is 0 Å². The molecule has 9 nitrogen and oxygen atoms in total. The fourth-order valence-corrected chi connectivity index (χ4v) is 6.58. The average Bonchev–Trinajstić information content (AvgIpc) is 3.39. The second-order valence-electron chi connectivity index (χ2n) is 11.3. The zero-order valence-electron chi connectivity index (χ0n) is 24.3. The van der Waals surface area contributed by atoms with Gasteiger partial charge in [0.05, 0.1) is 38.7 Å². The number of nitrogens with one attached hydrogen (secondary N) is 1. The van der Waals surface area contributed by atoms with E-state index in [0.717, 1.165) is 59.5 Å². The maximum atomic E-state index is 14.3. The van der Waals surface area contributed by atoms with Crippen molar-refractivity contribution in [1.29, 1.82) is 0 Å². The van der Waals surface area contributed by atoms with Crippen molar-refractivity contribution in [1.82, 2.24) is 19.7 Å². The van der Waals surface area contributed by atoms with Crippen LogP contribution in [0.1, 0.15) is 49.9 Å². The van der Waals surface area contributed by atoms with E-state index in [0.29, 0.717) is 45.3 Å². The van der Waals surface area contributed by atoms with Crippen molar-refractivity contribution < 1.29 is 23.8 Å². The summed E-state index contributed by atoms with van der Waals surface area (Å²) in [5.41, 5.74) is 2.75. The Labute approximate surface area is 241 Å². The van der Waals surface area contributed by atoms with Crippen LogP contribution < -0.4 is 9.47 Å². The summed E-state index contributed by atoms with van der Waals surface area (Å²) in [6, 6.07) is 14.2. The van der Waals surface area contributed by atoms with Crippen LogP contribution in [0, 0.1) is 0 Å². The maximum absolute atomic E-state index is 14.3. The number of rotatable bonds is 9. The number of hydrogen-bond acceptors (Lipinski definition) is 6. The Balaban J connectivity index is 1.40. The molecule has 41 heavy (non-hydrogen) atoms. The number of amides is 2. The van der Waals surface area contributed by atoms with Crippen LogP contribution in [-0.4, -0.2) is 97.2 Å². The number of carbonyl (C=O) groups excluding carboxylic acids is 2. The van der Waals surface area contributed by atoms with Crippen molar-refractivity contribution in [2.75, 3.05) is 65.7 Å². The Bertz CT molecular complexity index is 1430. The monoisotopic (exact) mass is 560 g/mol. The quantitative estimate of drug-likeness (QED) is 0.429. The van der Waals surface area contributed by atoms with E-state index in [1.165, 1.54) is 0 Å². The van der Waals surface area contributed by atoms with Crippen LogP contribution in [0.25, 0.3) is 10.9 Å². The number of carbonyl (C=O) groups is 2. The summed E-state index contributed by atoms with van der Waals surface area (Å²) in [7, 11) is 0. The van der Waals surface area contributed by atoms with E-state index in [4.69, 9.17) is 14.2 Å². The highest BCUT2D eigenvalue weighted by molar-refractivity contribution is 6.01. The number of H-pyrrole nitrogens is 1. The molecule has 2 aromatic carbocycles. The van der Waals surface area contributed by atoms with Crippen LogP contribution in [0.15, 0.2) is 42.5 Å². The van der Waals surface area contributed by atoms with Crippen molar-refractivity contribution in [2.24, 2.45) is 0 Å². The van der Waals surface area contributed by atoms with Gasteiger partial charge in [0.15, 0.2) is 17.0 Å². The third-order valence-corrected chi connectivity index (χ3v) is 8.74. The Morgan fingerprint density at radius 2 is 1.83 bits per heavy atom. The minimum Gasteiger partial charge on any atom is -0.490 e. The minimum absolute atomic E-state index is 0.0312. The Morgan fingerprint density at radius 1 is 1.02 bits per heavy atom. The lowest BCUT2D eigenvalue weighted by Gasteiger charge is -2.51. The number of ether oxygens (including phenoxy) is 3. The highest BCUT2D eigenvalue weighted by Crippen LogP contribution is 2.49. The molecule has 1 N–H and O–H groups in total. The fraction of sp³-hybridized carbons (Fsp3) is 0.500. The van der Waals surface area contributed by atoms with Gasteiger partial charge in [-0.2, -0.15) is 0 Å². The molecule has 0 bridgehead atoms. The summed E-state index contributed by atoms with van der Waals surface area (Å²) in [6.45, 7) is 11.9. The van der Waals surface area contributed by atoms with Gasteiger partial charge in [-0.1, -0.05) is 31.2 Å². The third-order valence-electron chi connectivity index (χ3n) is 8.74. The van der Waals surface area contributed by atoms with E-state index >= 15 is 0 Å². The molecule has 9 heteroatoms. The van der Waals surface area contributed by atoms with Gasteiger partial charge in [0, 0.05) is 49.5 Å². The van der Waals surface area contributed by atoms with E-state index < -0.39 is 5.54 Å². The predicted molar refractivity (Wildman–Crippen MR) is 156 cm³/mol. The third kappa shape index (κ3) is 4.85. The largest absolute Gasteiger partial charge is 0.490 e. The van der Waals surface area contributed by atoms with Crippen molar-refractivity contribution in [3.05, 3.63) is 59.3 Å². The smallest absolute Gasteiger partial charge is 0.254 e. The number of aromatic amines is 1. The van der Waals surface area contributed by atoms with Crippen LogP contribution in [0.5, 0.6) is 11.5 Å². The molecular formula is C32H40N4O5. The number of para-hydroxylation sites is 1. The van der Waals surface area contributed by atoms with Gasteiger partial charge >= 0.3 is 0 Å². The Hall–Kier alpha value is -3.56. The first kappa shape index (κ1) is 27.6. The van der Waals surface area contributed by atoms with Crippen molar-refractivity contribution >= 4 is 22.7 Å². The molecule has 3 aliphatic heterocycles. The fourth-order valence-electron chi connectivity index (χ4n) is 6.58. The summed E-state index contributed by atoms with van der Waals surface area (Å²) in [6.07, 6.45) is 0.905. The zero-order chi connectivity index (χ0) is 28.6. The molecule has 218 valence electrons. The first-order chi connectivity index (χ1) is 20.0. The highest BCUT2D eigenvalue weighted by atomic mass is 16.5. The molecule has 3 aliphatic rings. The zero-order valence-corrected chi connectivity index (χ0v) is 24.3. The van der Waals surface area contributed by atoms with Gasteiger partial charge in [-0.15, -0.1) is 0 Å². The number of morpholine rings is 1. The molecular weight excluding hydrogens is 520 g/mol. The number of benzene rings is 2. The number of fused-ring (bicyclic) bond motifs is 5. The normalized spacial score (nSPS) is 23.0. The minimum atomic E-state index is -1.11. The maximum Gasteiger partial charge on any atom is 0.254 e. The average molecular weight is 561 g/mol. The number of nitrogens with zero attached hydrogens (tertiary/aromatic N) is 3. The molecule has 2 atom stereocenters. The topological polar surface area (TPSA) is 87.3 Å². The first-order valence-electron chi connectivity index (χ1n) is 14.9. The van der Waals surface area contributed by atoms with E-state index in [1.807, 2.05) is 44.2 Å². The lowest BCUT2D eigenvalue weighted by Crippen LogP contribution is -2.68.